The van der Waals surface area contributed by atoms with Crippen LogP contribution < -0.4 is 9.62 Å². The van der Waals surface area contributed by atoms with E-state index < -0.39 is 28.5 Å². The molecule has 3 aromatic rings. The van der Waals surface area contributed by atoms with Gasteiger partial charge in [-0.15, -0.1) is 0 Å². The first-order valence-electron chi connectivity index (χ1n) is 13.6. The lowest BCUT2D eigenvalue weighted by molar-refractivity contribution is -0.139. The third-order valence-corrected chi connectivity index (χ3v) is 9.19. The molecule has 2 atom stereocenters. The van der Waals surface area contributed by atoms with Crippen LogP contribution in [0.4, 0.5) is 5.69 Å². The standard InChI is InChI=1S/C31H38BrN3O4S/c1-5-24(4)33-31(37)29(6-2)34(21-20-25-10-8-7-9-11-25)30(36)22-35(27-16-14-26(32)15-17-27)40(38,39)28-18-12-23(3)13-19-28/h7-19,24,29H,5-6,20-22H2,1-4H3,(H,33,37)/t24-,29+/m1/s1. The van der Waals surface area contributed by atoms with E-state index in [1.54, 1.807) is 48.5 Å². The van der Waals surface area contributed by atoms with E-state index >= 15 is 0 Å². The quantitative estimate of drug-likeness (QED) is 0.263. The van der Waals surface area contributed by atoms with E-state index in [9.17, 15) is 18.0 Å². The molecule has 0 heterocycles. The van der Waals surface area contributed by atoms with Gasteiger partial charge in [-0.1, -0.05) is 77.8 Å². The molecule has 2 amide bonds. The van der Waals surface area contributed by atoms with Crippen LogP contribution in [0.2, 0.25) is 0 Å². The third kappa shape index (κ3) is 8.17. The van der Waals surface area contributed by atoms with Gasteiger partial charge < -0.3 is 10.2 Å². The van der Waals surface area contributed by atoms with Crippen molar-refractivity contribution >= 4 is 43.5 Å². The van der Waals surface area contributed by atoms with Crippen molar-refractivity contribution in [2.24, 2.45) is 0 Å². The lowest BCUT2D eigenvalue weighted by Crippen LogP contribution is -2.54. The molecule has 3 aromatic carbocycles. The number of sulfonamides is 1. The van der Waals surface area contributed by atoms with Gasteiger partial charge in [0.15, 0.2) is 0 Å². The van der Waals surface area contributed by atoms with Gasteiger partial charge in [0.1, 0.15) is 12.6 Å². The van der Waals surface area contributed by atoms with Crippen molar-refractivity contribution in [2.45, 2.75) is 63.9 Å². The molecule has 0 unspecified atom stereocenters. The van der Waals surface area contributed by atoms with Gasteiger partial charge in [0, 0.05) is 17.1 Å². The van der Waals surface area contributed by atoms with Gasteiger partial charge in [-0.05, 0) is 75.1 Å². The van der Waals surface area contributed by atoms with Crippen molar-refractivity contribution in [3.8, 4) is 0 Å². The maximum Gasteiger partial charge on any atom is 0.264 e. The zero-order valence-electron chi connectivity index (χ0n) is 23.5. The van der Waals surface area contributed by atoms with Gasteiger partial charge in [-0.25, -0.2) is 8.42 Å². The van der Waals surface area contributed by atoms with Gasteiger partial charge in [-0.3, -0.25) is 13.9 Å². The predicted molar refractivity (Wildman–Crippen MR) is 164 cm³/mol. The third-order valence-electron chi connectivity index (χ3n) is 6.87. The van der Waals surface area contributed by atoms with Crippen LogP contribution in [0.25, 0.3) is 0 Å². The number of carbonyl (C=O) groups excluding carboxylic acids is 2. The minimum absolute atomic E-state index is 0.0474. The van der Waals surface area contributed by atoms with Gasteiger partial charge in [0.05, 0.1) is 10.6 Å². The van der Waals surface area contributed by atoms with Crippen molar-refractivity contribution in [2.75, 3.05) is 17.4 Å². The molecule has 214 valence electrons. The summed E-state index contributed by atoms with van der Waals surface area (Å²) in [5, 5.41) is 3.00. The fourth-order valence-electron chi connectivity index (χ4n) is 4.31. The maximum atomic E-state index is 14.0. The Kier molecular flexibility index (Phi) is 11.3. The number of anilines is 1. The monoisotopic (exact) mass is 627 g/mol. The fraction of sp³-hybridized carbons (Fsp3) is 0.355. The zero-order chi connectivity index (χ0) is 29.3. The van der Waals surface area contributed by atoms with Crippen molar-refractivity contribution < 1.29 is 18.0 Å². The van der Waals surface area contributed by atoms with Crippen LogP contribution >= 0.6 is 15.9 Å². The molecule has 0 aromatic heterocycles. The first-order valence-corrected chi connectivity index (χ1v) is 15.8. The van der Waals surface area contributed by atoms with E-state index in [-0.39, 0.29) is 23.4 Å². The highest BCUT2D eigenvalue weighted by molar-refractivity contribution is 9.10. The summed E-state index contributed by atoms with van der Waals surface area (Å²) < 4.78 is 29.7. The molecule has 3 rings (SSSR count). The van der Waals surface area contributed by atoms with Crippen molar-refractivity contribution in [1.29, 1.82) is 0 Å². The summed E-state index contributed by atoms with van der Waals surface area (Å²) in [5.74, 6) is -0.685. The Bertz CT molecular complexity index is 1360. The molecule has 40 heavy (non-hydrogen) atoms. The molecule has 1 N–H and O–H groups in total. The molecule has 0 saturated carbocycles. The summed E-state index contributed by atoms with van der Waals surface area (Å²) in [5.41, 5.74) is 2.31. The Morgan fingerprint density at radius 2 is 1.52 bits per heavy atom. The number of hydrogen-bond acceptors (Lipinski definition) is 4. The Morgan fingerprint density at radius 3 is 2.10 bits per heavy atom. The molecule has 0 aliphatic rings. The van der Waals surface area contributed by atoms with Crippen LogP contribution in [0.15, 0.2) is 88.2 Å². The van der Waals surface area contributed by atoms with Crippen molar-refractivity contribution in [1.82, 2.24) is 10.2 Å². The van der Waals surface area contributed by atoms with E-state index in [1.165, 1.54) is 4.90 Å². The molecule has 9 heteroatoms. The lowest BCUT2D eigenvalue weighted by atomic mass is 10.1. The predicted octanol–water partition coefficient (Wildman–Crippen LogP) is 5.72. The Labute approximate surface area is 246 Å². The van der Waals surface area contributed by atoms with E-state index in [0.29, 0.717) is 18.5 Å². The first-order chi connectivity index (χ1) is 19.1. The van der Waals surface area contributed by atoms with E-state index in [0.717, 1.165) is 26.3 Å². The number of benzene rings is 3. The van der Waals surface area contributed by atoms with E-state index in [2.05, 4.69) is 21.2 Å². The minimum Gasteiger partial charge on any atom is -0.352 e. The Hall–Kier alpha value is -3.17. The Morgan fingerprint density at radius 1 is 0.900 bits per heavy atom. The molecule has 0 radical (unpaired) electrons. The summed E-state index contributed by atoms with van der Waals surface area (Å²) in [6.45, 7) is 7.47. The molecular weight excluding hydrogens is 590 g/mol. The van der Waals surface area contributed by atoms with E-state index in [4.69, 9.17) is 0 Å². The highest BCUT2D eigenvalue weighted by Crippen LogP contribution is 2.26. The van der Waals surface area contributed by atoms with Crippen LogP contribution in [0, 0.1) is 6.92 Å². The highest BCUT2D eigenvalue weighted by Gasteiger charge is 2.33. The molecule has 0 aliphatic heterocycles. The van der Waals surface area contributed by atoms with Crippen molar-refractivity contribution in [3.05, 3.63) is 94.5 Å². The van der Waals surface area contributed by atoms with E-state index in [1.807, 2.05) is 58.0 Å². The maximum absolute atomic E-state index is 14.0. The van der Waals surface area contributed by atoms with Crippen LogP contribution in [0.3, 0.4) is 0 Å². The number of hydrogen-bond donors (Lipinski definition) is 1. The zero-order valence-corrected chi connectivity index (χ0v) is 25.9. The number of amides is 2. The number of rotatable bonds is 13. The van der Waals surface area contributed by atoms with Gasteiger partial charge >= 0.3 is 0 Å². The summed E-state index contributed by atoms with van der Waals surface area (Å²) in [7, 11) is -4.09. The van der Waals surface area contributed by atoms with Crippen LogP contribution in [-0.4, -0.2) is 50.3 Å². The number of aryl methyl sites for hydroxylation is 1. The van der Waals surface area contributed by atoms with Gasteiger partial charge in [0.25, 0.3) is 10.0 Å². The number of nitrogens with one attached hydrogen (secondary N) is 1. The molecule has 7 nitrogen and oxygen atoms in total. The lowest BCUT2D eigenvalue weighted by Gasteiger charge is -2.33. The largest absolute Gasteiger partial charge is 0.352 e. The van der Waals surface area contributed by atoms with Crippen molar-refractivity contribution in [3.63, 3.8) is 0 Å². The number of halogens is 1. The molecule has 0 bridgehead atoms. The second-order valence-corrected chi connectivity index (χ2v) is 12.6. The average molecular weight is 629 g/mol. The number of carbonyl (C=O) groups is 2. The summed E-state index contributed by atoms with van der Waals surface area (Å²) in [6.07, 6.45) is 1.68. The smallest absolute Gasteiger partial charge is 0.264 e. The van der Waals surface area contributed by atoms with Crippen LogP contribution in [0.1, 0.15) is 44.7 Å². The Balaban J connectivity index is 2.00. The topological polar surface area (TPSA) is 86.8 Å². The molecule has 0 spiro atoms. The first kappa shape index (κ1) is 31.4. The fourth-order valence-corrected chi connectivity index (χ4v) is 5.99. The summed E-state index contributed by atoms with van der Waals surface area (Å²) >= 11 is 3.40. The molecule has 0 saturated heterocycles. The average Bonchev–Trinajstić information content (AvgIpc) is 2.95. The second-order valence-electron chi connectivity index (χ2n) is 9.87. The normalized spacial score (nSPS) is 12.8. The second kappa shape index (κ2) is 14.5. The summed E-state index contributed by atoms with van der Waals surface area (Å²) in [6, 6.07) is 22.3. The number of nitrogens with zero attached hydrogens (tertiary/aromatic N) is 2. The summed E-state index contributed by atoms with van der Waals surface area (Å²) in [4.78, 5) is 29.0. The van der Waals surface area contributed by atoms with Crippen LogP contribution in [-0.2, 0) is 26.0 Å². The molecule has 0 fully saturated rings. The van der Waals surface area contributed by atoms with Gasteiger partial charge in [-0.2, -0.15) is 0 Å². The molecule has 0 aliphatic carbocycles. The minimum atomic E-state index is -4.09. The SMILES string of the molecule is CC[C@@H](C)NC(=O)[C@H](CC)N(CCc1ccccc1)C(=O)CN(c1ccc(Br)cc1)S(=O)(=O)c1ccc(C)cc1. The van der Waals surface area contributed by atoms with Gasteiger partial charge in [0.2, 0.25) is 11.8 Å². The highest BCUT2D eigenvalue weighted by atomic mass is 79.9. The molecular formula is C31H38BrN3O4S. The van der Waals surface area contributed by atoms with Crippen LogP contribution in [0.5, 0.6) is 0 Å².